The van der Waals surface area contributed by atoms with Crippen molar-refractivity contribution in [1.82, 2.24) is 19.9 Å². The maximum atomic E-state index is 4.52. The third-order valence-electron chi connectivity index (χ3n) is 2.64. The van der Waals surface area contributed by atoms with E-state index in [0.29, 0.717) is 0 Å². The Balaban J connectivity index is 1.78. The minimum absolute atomic E-state index is 0.729. The Morgan fingerprint density at radius 2 is 2.11 bits per heavy atom. The van der Waals surface area contributed by atoms with E-state index in [2.05, 4.69) is 30.5 Å². The van der Waals surface area contributed by atoms with Gasteiger partial charge in [0, 0.05) is 11.9 Å². The molecular formula is C13H15N5S. The quantitative estimate of drug-likeness (QED) is 0.767. The fourth-order valence-electron chi connectivity index (χ4n) is 1.87. The van der Waals surface area contributed by atoms with Crippen molar-refractivity contribution in [2.45, 2.75) is 6.54 Å². The number of imidazole rings is 1. The average Bonchev–Trinajstić information content (AvgIpc) is 2.94. The third-order valence-corrected chi connectivity index (χ3v) is 3.45. The number of rotatable bonds is 4. The van der Waals surface area contributed by atoms with Gasteiger partial charge in [-0.25, -0.2) is 9.97 Å². The Hall–Kier alpha value is -1.92. The summed E-state index contributed by atoms with van der Waals surface area (Å²) in [6.07, 6.45) is 0. The molecule has 0 radical (unpaired) electrons. The van der Waals surface area contributed by atoms with Gasteiger partial charge in [0.05, 0.1) is 16.7 Å². The van der Waals surface area contributed by atoms with Crippen molar-refractivity contribution >= 4 is 33.5 Å². The van der Waals surface area contributed by atoms with Crippen molar-refractivity contribution in [3.8, 4) is 0 Å². The molecule has 0 atom stereocenters. The van der Waals surface area contributed by atoms with Crippen LogP contribution in [-0.4, -0.2) is 33.9 Å². The van der Waals surface area contributed by atoms with Gasteiger partial charge in [0.2, 0.25) is 5.95 Å². The van der Waals surface area contributed by atoms with Crippen LogP contribution in [0.4, 0.5) is 11.1 Å². The van der Waals surface area contributed by atoms with Gasteiger partial charge in [0.15, 0.2) is 5.13 Å². The van der Waals surface area contributed by atoms with Crippen molar-refractivity contribution in [3.05, 3.63) is 35.3 Å². The summed E-state index contributed by atoms with van der Waals surface area (Å²) in [4.78, 5) is 14.3. The summed E-state index contributed by atoms with van der Waals surface area (Å²) in [5.74, 6) is 0.729. The van der Waals surface area contributed by atoms with Gasteiger partial charge >= 0.3 is 0 Å². The number of H-pyrrole nitrogens is 1. The fraction of sp³-hybridized carbons (Fsp3) is 0.231. The number of para-hydroxylation sites is 2. The van der Waals surface area contributed by atoms with Gasteiger partial charge in [-0.1, -0.05) is 12.1 Å². The average molecular weight is 273 g/mol. The Morgan fingerprint density at radius 3 is 2.89 bits per heavy atom. The largest absolute Gasteiger partial charge is 0.324 e. The smallest absolute Gasteiger partial charge is 0.207 e. The van der Waals surface area contributed by atoms with Crippen LogP contribution in [0.2, 0.25) is 0 Å². The van der Waals surface area contributed by atoms with Crippen molar-refractivity contribution in [1.29, 1.82) is 0 Å². The molecule has 1 aromatic carbocycles. The molecule has 0 amide bonds. The molecular weight excluding hydrogens is 258 g/mol. The van der Waals surface area contributed by atoms with Gasteiger partial charge in [-0.2, -0.15) is 0 Å². The maximum absolute atomic E-state index is 4.52. The molecule has 0 aliphatic heterocycles. The Morgan fingerprint density at radius 1 is 1.26 bits per heavy atom. The molecule has 3 aromatic rings. The molecule has 6 heteroatoms. The zero-order valence-electron chi connectivity index (χ0n) is 10.8. The van der Waals surface area contributed by atoms with Gasteiger partial charge in [0.1, 0.15) is 0 Å². The molecule has 0 spiro atoms. The van der Waals surface area contributed by atoms with Crippen LogP contribution in [0.5, 0.6) is 0 Å². The van der Waals surface area contributed by atoms with Crippen molar-refractivity contribution < 1.29 is 0 Å². The lowest BCUT2D eigenvalue weighted by atomic mass is 10.3. The van der Waals surface area contributed by atoms with E-state index in [1.54, 1.807) is 11.3 Å². The van der Waals surface area contributed by atoms with Crippen LogP contribution in [0, 0.1) is 0 Å². The van der Waals surface area contributed by atoms with Crippen LogP contribution in [-0.2, 0) is 6.54 Å². The molecule has 2 aromatic heterocycles. The first-order chi connectivity index (χ1) is 9.20. The predicted octanol–water partition coefficient (Wildman–Crippen LogP) is 2.82. The van der Waals surface area contributed by atoms with Crippen LogP contribution >= 0.6 is 11.3 Å². The standard InChI is InChI=1S/C13H15N5S/c1-18(2)7-9-8-19-13(14-9)17-12-15-10-5-3-4-6-11(10)16-12/h3-6,8H,7H2,1-2H3,(H2,14,15,16,17). The summed E-state index contributed by atoms with van der Waals surface area (Å²) in [6.45, 7) is 0.846. The molecule has 0 bridgehead atoms. The molecule has 5 nitrogen and oxygen atoms in total. The van der Waals surface area contributed by atoms with Crippen LogP contribution in [0.3, 0.4) is 0 Å². The van der Waals surface area contributed by atoms with Gasteiger partial charge in [-0.3, -0.25) is 0 Å². The number of fused-ring (bicyclic) bond motifs is 1. The first kappa shape index (κ1) is 12.1. The molecule has 0 aliphatic rings. The van der Waals surface area contributed by atoms with Crippen LogP contribution in [0.25, 0.3) is 11.0 Å². The van der Waals surface area contributed by atoms with Crippen LogP contribution in [0.1, 0.15) is 5.69 Å². The number of benzene rings is 1. The molecule has 0 fully saturated rings. The lowest BCUT2D eigenvalue weighted by Gasteiger charge is -2.05. The second kappa shape index (κ2) is 4.99. The summed E-state index contributed by atoms with van der Waals surface area (Å²) in [7, 11) is 4.07. The highest BCUT2D eigenvalue weighted by Gasteiger charge is 2.06. The van der Waals surface area contributed by atoms with Crippen molar-refractivity contribution in [2.75, 3.05) is 19.4 Å². The molecule has 3 rings (SSSR count). The molecule has 0 saturated carbocycles. The van der Waals surface area contributed by atoms with E-state index >= 15 is 0 Å². The molecule has 0 saturated heterocycles. The molecule has 19 heavy (non-hydrogen) atoms. The monoisotopic (exact) mass is 273 g/mol. The SMILES string of the molecule is CN(C)Cc1csc(Nc2nc3ccccc3[nH]2)n1. The van der Waals surface area contributed by atoms with E-state index in [9.17, 15) is 0 Å². The highest BCUT2D eigenvalue weighted by molar-refractivity contribution is 7.13. The third kappa shape index (κ3) is 2.74. The molecule has 0 unspecified atom stereocenters. The second-order valence-electron chi connectivity index (χ2n) is 4.61. The van der Waals surface area contributed by atoms with Crippen molar-refractivity contribution in [3.63, 3.8) is 0 Å². The van der Waals surface area contributed by atoms with E-state index in [-0.39, 0.29) is 0 Å². The molecule has 0 aliphatic carbocycles. The fourth-order valence-corrected chi connectivity index (χ4v) is 2.57. The number of hydrogen-bond donors (Lipinski definition) is 2. The van der Waals surface area contributed by atoms with E-state index < -0.39 is 0 Å². The summed E-state index contributed by atoms with van der Waals surface area (Å²) in [5.41, 5.74) is 3.04. The number of hydrogen-bond acceptors (Lipinski definition) is 5. The highest BCUT2D eigenvalue weighted by Crippen LogP contribution is 2.21. The predicted molar refractivity (Wildman–Crippen MR) is 78.9 cm³/mol. The van der Waals surface area contributed by atoms with Gasteiger partial charge in [-0.05, 0) is 26.2 Å². The topological polar surface area (TPSA) is 56.8 Å². The van der Waals surface area contributed by atoms with Gasteiger partial charge < -0.3 is 15.2 Å². The first-order valence-electron chi connectivity index (χ1n) is 6.01. The zero-order valence-corrected chi connectivity index (χ0v) is 11.7. The summed E-state index contributed by atoms with van der Waals surface area (Å²) < 4.78 is 0. The Labute approximate surface area is 115 Å². The highest BCUT2D eigenvalue weighted by atomic mass is 32.1. The number of nitrogens with zero attached hydrogens (tertiary/aromatic N) is 3. The Kier molecular flexibility index (Phi) is 3.18. The molecule has 98 valence electrons. The number of anilines is 2. The zero-order chi connectivity index (χ0) is 13.2. The van der Waals surface area contributed by atoms with Gasteiger partial charge in [-0.15, -0.1) is 11.3 Å². The van der Waals surface area contributed by atoms with E-state index in [1.165, 1.54) is 0 Å². The lowest BCUT2D eigenvalue weighted by molar-refractivity contribution is 0.398. The van der Waals surface area contributed by atoms with Crippen LogP contribution in [0.15, 0.2) is 29.6 Å². The second-order valence-corrected chi connectivity index (χ2v) is 5.47. The molecule has 2 heterocycles. The van der Waals surface area contributed by atoms with E-state index in [1.807, 2.05) is 38.4 Å². The lowest BCUT2D eigenvalue weighted by Crippen LogP contribution is -2.10. The Bertz CT molecular complexity index is 652. The minimum atomic E-state index is 0.729. The van der Waals surface area contributed by atoms with Gasteiger partial charge in [0.25, 0.3) is 0 Å². The summed E-state index contributed by atoms with van der Waals surface area (Å²) >= 11 is 1.59. The normalized spacial score (nSPS) is 11.3. The molecule has 2 N–H and O–H groups in total. The van der Waals surface area contributed by atoms with E-state index in [0.717, 1.165) is 34.4 Å². The number of nitrogens with one attached hydrogen (secondary N) is 2. The summed E-state index contributed by atoms with van der Waals surface area (Å²) in [6, 6.07) is 7.96. The van der Waals surface area contributed by atoms with E-state index in [4.69, 9.17) is 0 Å². The van der Waals surface area contributed by atoms with Crippen LogP contribution < -0.4 is 5.32 Å². The summed E-state index contributed by atoms with van der Waals surface area (Å²) in [5, 5.41) is 6.13. The number of aromatic amines is 1. The maximum Gasteiger partial charge on any atom is 0.207 e. The number of thiazole rings is 1. The number of aromatic nitrogens is 3. The minimum Gasteiger partial charge on any atom is -0.324 e. The first-order valence-corrected chi connectivity index (χ1v) is 6.89. The van der Waals surface area contributed by atoms with Crippen molar-refractivity contribution in [2.24, 2.45) is 0 Å².